The van der Waals surface area contributed by atoms with E-state index in [9.17, 15) is 0 Å². The van der Waals surface area contributed by atoms with Crippen LogP contribution in [0.4, 0.5) is 0 Å². The first-order valence-electron chi connectivity index (χ1n) is 9.11. The molecular weight excluding hydrogens is 396 g/mol. The van der Waals surface area contributed by atoms with Gasteiger partial charge in [0.25, 0.3) is 0 Å². The van der Waals surface area contributed by atoms with Gasteiger partial charge in [-0.3, -0.25) is 5.10 Å². The van der Waals surface area contributed by atoms with Gasteiger partial charge in [-0.15, -0.1) is 0 Å². The summed E-state index contributed by atoms with van der Waals surface area (Å²) in [7, 11) is 0. The van der Waals surface area contributed by atoms with Gasteiger partial charge >= 0.3 is 0 Å². The van der Waals surface area contributed by atoms with E-state index in [2.05, 4.69) is 38.6 Å². The van der Waals surface area contributed by atoms with Crippen molar-refractivity contribution in [3.63, 3.8) is 0 Å². The predicted octanol–water partition coefficient (Wildman–Crippen LogP) is 4.44. The minimum Gasteiger partial charge on any atom is -0.370 e. The van der Waals surface area contributed by atoms with Crippen LogP contribution in [0.2, 0.25) is 5.15 Å². The molecule has 1 aliphatic heterocycles. The second-order valence-corrected chi connectivity index (χ2v) is 7.68. The van der Waals surface area contributed by atoms with Crippen molar-refractivity contribution >= 4 is 30.0 Å². The fraction of sp³-hybridized carbons (Fsp3) is 0.368. The Labute approximate surface area is 173 Å². The van der Waals surface area contributed by atoms with E-state index in [4.69, 9.17) is 28.6 Å². The average molecular weight is 417 g/mol. The van der Waals surface area contributed by atoms with Gasteiger partial charge < -0.3 is 4.74 Å². The van der Waals surface area contributed by atoms with Crippen LogP contribution in [0.5, 0.6) is 0 Å². The molecule has 1 N–H and O–H groups in total. The first kappa shape index (κ1) is 19.0. The highest BCUT2D eigenvalue weighted by Gasteiger charge is 2.24. The Kier molecular flexibility index (Phi) is 5.18. The van der Waals surface area contributed by atoms with E-state index in [0.29, 0.717) is 15.7 Å². The normalized spacial score (nSPS) is 17.1. The van der Waals surface area contributed by atoms with Crippen LogP contribution in [0.25, 0.3) is 5.69 Å². The molecule has 0 radical (unpaired) electrons. The van der Waals surface area contributed by atoms with Crippen LogP contribution in [0.15, 0.2) is 23.3 Å². The summed E-state index contributed by atoms with van der Waals surface area (Å²) in [6, 6.07) is 6.19. The number of aromatic amines is 1. The third kappa shape index (κ3) is 3.43. The second kappa shape index (κ2) is 7.62. The van der Waals surface area contributed by atoms with Gasteiger partial charge in [-0.1, -0.05) is 23.7 Å². The number of hydrogen-bond donors (Lipinski definition) is 1. The number of rotatable bonds is 4. The summed E-state index contributed by atoms with van der Waals surface area (Å²) in [4.78, 5) is 0. The lowest BCUT2D eigenvalue weighted by molar-refractivity contribution is 0.102. The standard InChI is InChI=1S/C19H21ClN6OS/c1-11-6-7-12(2)15(9-11)25-17(20)14(13(3)24-25)10-21-26-18(22-23-19(26)28)16-5-4-8-27-16/h6-7,9-10,16H,4-5,8H2,1-3H3,(H,23,28)/b21-10-/t16-/m1/s1. The highest BCUT2D eigenvalue weighted by atomic mass is 35.5. The molecule has 3 aromatic rings. The Balaban J connectivity index is 1.72. The molecule has 7 nitrogen and oxygen atoms in total. The van der Waals surface area contributed by atoms with Gasteiger partial charge in [0, 0.05) is 6.61 Å². The van der Waals surface area contributed by atoms with Crippen LogP contribution in [0.1, 0.15) is 47.2 Å². The van der Waals surface area contributed by atoms with Crippen molar-refractivity contribution in [2.45, 2.75) is 39.7 Å². The maximum Gasteiger partial charge on any atom is 0.216 e. The molecule has 3 heterocycles. The van der Waals surface area contributed by atoms with Crippen LogP contribution < -0.4 is 0 Å². The lowest BCUT2D eigenvalue weighted by atomic mass is 10.1. The van der Waals surface area contributed by atoms with E-state index >= 15 is 0 Å². The van der Waals surface area contributed by atoms with Crippen LogP contribution in [-0.2, 0) is 4.74 Å². The predicted molar refractivity (Wildman–Crippen MR) is 111 cm³/mol. The topological polar surface area (TPSA) is 73.0 Å². The maximum atomic E-state index is 6.66. The molecule has 1 atom stereocenters. The molecular formula is C19H21ClN6OS. The van der Waals surface area contributed by atoms with E-state index in [1.165, 1.54) is 0 Å². The summed E-state index contributed by atoms with van der Waals surface area (Å²) in [5, 5.41) is 16.7. The number of benzene rings is 1. The van der Waals surface area contributed by atoms with Gasteiger partial charge in [0.15, 0.2) is 5.82 Å². The van der Waals surface area contributed by atoms with E-state index in [-0.39, 0.29) is 6.10 Å². The number of H-pyrrole nitrogens is 1. The van der Waals surface area contributed by atoms with Crippen LogP contribution in [-0.4, -0.2) is 37.5 Å². The van der Waals surface area contributed by atoms with E-state index in [0.717, 1.165) is 47.5 Å². The molecule has 1 aliphatic rings. The van der Waals surface area contributed by atoms with Crippen molar-refractivity contribution < 1.29 is 4.74 Å². The van der Waals surface area contributed by atoms with Crippen molar-refractivity contribution in [1.29, 1.82) is 0 Å². The minimum absolute atomic E-state index is 0.0978. The number of nitrogens with one attached hydrogen (secondary N) is 1. The SMILES string of the molecule is Cc1ccc(C)c(-n2nc(C)c(/C=N\n3c([C@H]4CCCO4)n[nH]c3=S)c2Cl)c1. The lowest BCUT2D eigenvalue weighted by Crippen LogP contribution is -2.05. The zero-order valence-electron chi connectivity index (χ0n) is 15.9. The maximum absolute atomic E-state index is 6.66. The summed E-state index contributed by atoms with van der Waals surface area (Å²) in [5.74, 6) is 0.675. The van der Waals surface area contributed by atoms with Crippen LogP contribution in [0, 0.1) is 25.5 Å². The van der Waals surface area contributed by atoms with Crippen LogP contribution in [0.3, 0.4) is 0 Å². The fourth-order valence-electron chi connectivity index (χ4n) is 3.29. The van der Waals surface area contributed by atoms with Gasteiger partial charge in [-0.05, 0) is 63.0 Å². The number of hydrogen-bond acceptors (Lipinski definition) is 5. The van der Waals surface area contributed by atoms with E-state index in [1.54, 1.807) is 15.6 Å². The molecule has 1 aromatic carbocycles. The average Bonchev–Trinajstić information content (AvgIpc) is 3.37. The van der Waals surface area contributed by atoms with Gasteiger partial charge in [0.1, 0.15) is 11.3 Å². The van der Waals surface area contributed by atoms with E-state index in [1.807, 2.05) is 20.8 Å². The highest BCUT2D eigenvalue weighted by molar-refractivity contribution is 7.71. The Hall–Kier alpha value is -2.29. The summed E-state index contributed by atoms with van der Waals surface area (Å²) in [6.45, 7) is 6.71. The number of aryl methyl sites for hydroxylation is 3. The molecule has 0 aliphatic carbocycles. The Morgan fingerprint density at radius 1 is 1.36 bits per heavy atom. The molecule has 1 saturated heterocycles. The zero-order valence-corrected chi connectivity index (χ0v) is 17.5. The first-order valence-corrected chi connectivity index (χ1v) is 9.90. The molecule has 4 rings (SSSR count). The number of ether oxygens (including phenoxy) is 1. The summed E-state index contributed by atoms with van der Waals surface area (Å²) in [6.07, 6.45) is 3.48. The number of halogens is 1. The van der Waals surface area contributed by atoms with Crippen molar-refractivity contribution in [3.8, 4) is 5.69 Å². The Morgan fingerprint density at radius 2 is 2.18 bits per heavy atom. The summed E-state index contributed by atoms with van der Waals surface area (Å²) >= 11 is 12.0. The lowest BCUT2D eigenvalue weighted by Gasteiger charge is -2.08. The van der Waals surface area contributed by atoms with E-state index < -0.39 is 0 Å². The van der Waals surface area contributed by atoms with Crippen molar-refractivity contribution in [1.82, 2.24) is 24.7 Å². The minimum atomic E-state index is -0.0978. The van der Waals surface area contributed by atoms with Crippen LogP contribution >= 0.6 is 23.8 Å². The molecule has 28 heavy (non-hydrogen) atoms. The number of aromatic nitrogens is 5. The zero-order chi connectivity index (χ0) is 19.8. The largest absolute Gasteiger partial charge is 0.370 e. The molecule has 1 fully saturated rings. The summed E-state index contributed by atoms with van der Waals surface area (Å²) in [5.41, 5.74) is 4.71. The van der Waals surface area contributed by atoms with Gasteiger partial charge in [-0.25, -0.2) is 4.68 Å². The third-order valence-corrected chi connectivity index (χ3v) is 5.46. The molecule has 146 valence electrons. The highest BCUT2D eigenvalue weighted by Crippen LogP contribution is 2.28. The van der Waals surface area contributed by atoms with Gasteiger partial charge in [0.2, 0.25) is 4.77 Å². The fourth-order valence-corrected chi connectivity index (χ4v) is 3.79. The third-order valence-electron chi connectivity index (χ3n) is 4.84. The Bertz CT molecular complexity index is 1110. The molecule has 0 saturated carbocycles. The molecule has 0 amide bonds. The molecule has 9 heteroatoms. The first-order chi connectivity index (χ1) is 13.5. The van der Waals surface area contributed by atoms with Crippen molar-refractivity contribution in [2.24, 2.45) is 5.10 Å². The van der Waals surface area contributed by atoms with Crippen molar-refractivity contribution in [3.05, 3.63) is 56.3 Å². The molecule has 0 spiro atoms. The molecule has 2 aromatic heterocycles. The Morgan fingerprint density at radius 3 is 2.93 bits per heavy atom. The summed E-state index contributed by atoms with van der Waals surface area (Å²) < 4.78 is 9.47. The quantitative estimate of drug-likeness (QED) is 0.504. The molecule has 0 bridgehead atoms. The monoisotopic (exact) mass is 416 g/mol. The second-order valence-electron chi connectivity index (χ2n) is 6.94. The molecule has 0 unspecified atom stereocenters. The van der Waals surface area contributed by atoms with Gasteiger partial charge in [0.05, 0.1) is 23.2 Å². The number of nitrogens with zero attached hydrogens (tertiary/aromatic N) is 5. The van der Waals surface area contributed by atoms with Gasteiger partial charge in [-0.2, -0.15) is 20.0 Å². The smallest absolute Gasteiger partial charge is 0.216 e. The van der Waals surface area contributed by atoms with Crippen molar-refractivity contribution in [2.75, 3.05) is 6.61 Å².